The topological polar surface area (TPSA) is 61.0 Å². The van der Waals surface area contributed by atoms with E-state index in [-0.39, 0.29) is 0 Å². The van der Waals surface area contributed by atoms with Gasteiger partial charge in [0.25, 0.3) is 0 Å². The summed E-state index contributed by atoms with van der Waals surface area (Å²) in [7, 11) is 0. The summed E-state index contributed by atoms with van der Waals surface area (Å²) >= 11 is 0. The van der Waals surface area contributed by atoms with E-state index < -0.39 is 0 Å². The van der Waals surface area contributed by atoms with Crippen LogP contribution in [0.5, 0.6) is 11.6 Å². The minimum absolute atomic E-state index is 0.434. The second-order valence-corrected chi connectivity index (χ2v) is 4.00. The van der Waals surface area contributed by atoms with Gasteiger partial charge in [-0.1, -0.05) is 26.0 Å². The van der Waals surface area contributed by atoms with Gasteiger partial charge in [-0.25, -0.2) is 4.98 Å². The van der Waals surface area contributed by atoms with Gasteiger partial charge in [0.05, 0.1) is 0 Å². The van der Waals surface area contributed by atoms with E-state index in [4.69, 9.17) is 10.5 Å². The number of nitrogens with two attached hydrogens (primary N) is 1. The van der Waals surface area contributed by atoms with Crippen LogP contribution in [0.2, 0.25) is 0 Å². The number of rotatable bonds is 4. The lowest BCUT2D eigenvalue weighted by atomic mass is 10.2. The minimum atomic E-state index is 0.434. The Balaban J connectivity index is 2.24. The Hall–Kier alpha value is -2.10. The lowest BCUT2D eigenvalue weighted by Crippen LogP contribution is -2.00. The van der Waals surface area contributed by atoms with Gasteiger partial charge >= 0.3 is 0 Å². The summed E-state index contributed by atoms with van der Waals surface area (Å²) in [6.45, 7) is 4.09. The van der Waals surface area contributed by atoms with Crippen LogP contribution in [0.1, 0.15) is 25.2 Å². The zero-order valence-electron chi connectivity index (χ0n) is 10.7. The quantitative estimate of drug-likeness (QED) is 0.896. The Morgan fingerprint density at radius 1 is 1.11 bits per heavy atom. The first-order chi connectivity index (χ1) is 8.71. The van der Waals surface area contributed by atoms with Crippen molar-refractivity contribution in [2.45, 2.75) is 26.7 Å². The second kappa shape index (κ2) is 5.49. The average molecular weight is 243 g/mol. The zero-order valence-corrected chi connectivity index (χ0v) is 10.7. The third-order valence-electron chi connectivity index (χ3n) is 2.61. The van der Waals surface area contributed by atoms with Crippen molar-refractivity contribution >= 4 is 5.82 Å². The maximum atomic E-state index is 5.71. The van der Waals surface area contributed by atoms with E-state index in [0.717, 1.165) is 18.6 Å². The van der Waals surface area contributed by atoms with E-state index in [1.54, 1.807) is 6.07 Å². The van der Waals surface area contributed by atoms with Gasteiger partial charge in [-0.05, 0) is 24.1 Å². The fraction of sp³-hybridized carbons (Fsp3) is 0.286. The largest absolute Gasteiger partial charge is 0.439 e. The summed E-state index contributed by atoms with van der Waals surface area (Å²) in [5.41, 5.74) is 6.94. The highest BCUT2D eigenvalue weighted by Gasteiger charge is 2.04. The summed E-state index contributed by atoms with van der Waals surface area (Å²) in [4.78, 5) is 8.40. The van der Waals surface area contributed by atoms with Crippen LogP contribution in [-0.4, -0.2) is 9.97 Å². The minimum Gasteiger partial charge on any atom is -0.439 e. The number of hydrogen-bond acceptors (Lipinski definition) is 4. The maximum Gasteiger partial charge on any atom is 0.224 e. The van der Waals surface area contributed by atoms with Gasteiger partial charge in [0.2, 0.25) is 5.88 Å². The Morgan fingerprint density at radius 2 is 1.94 bits per heavy atom. The molecule has 2 rings (SSSR count). The third-order valence-corrected chi connectivity index (χ3v) is 2.61. The van der Waals surface area contributed by atoms with E-state index >= 15 is 0 Å². The average Bonchev–Trinajstić information content (AvgIpc) is 2.38. The van der Waals surface area contributed by atoms with Crippen molar-refractivity contribution in [2.75, 3.05) is 5.73 Å². The molecule has 0 fully saturated rings. The summed E-state index contributed by atoms with van der Waals surface area (Å²) in [6, 6.07) is 9.59. The standard InChI is InChI=1S/C14H17N3O/c1-3-10-6-5-7-11(8-10)18-14-9-12(15)16-13(4-2)17-14/h5-9H,3-4H2,1-2H3,(H2,15,16,17). The van der Waals surface area contributed by atoms with Gasteiger partial charge in [-0.15, -0.1) is 0 Å². The van der Waals surface area contributed by atoms with Crippen molar-refractivity contribution < 1.29 is 4.74 Å². The van der Waals surface area contributed by atoms with Gasteiger partial charge in [0, 0.05) is 12.5 Å². The molecule has 0 aliphatic carbocycles. The van der Waals surface area contributed by atoms with Crippen LogP contribution in [0.4, 0.5) is 5.82 Å². The highest BCUT2D eigenvalue weighted by atomic mass is 16.5. The molecule has 0 spiro atoms. The number of aromatic nitrogens is 2. The van der Waals surface area contributed by atoms with E-state index in [1.807, 2.05) is 25.1 Å². The molecule has 1 aromatic carbocycles. The lowest BCUT2D eigenvalue weighted by molar-refractivity contribution is 0.459. The monoisotopic (exact) mass is 243 g/mol. The number of nitrogens with zero attached hydrogens (tertiary/aromatic N) is 2. The predicted molar refractivity (Wildman–Crippen MR) is 71.7 cm³/mol. The van der Waals surface area contributed by atoms with E-state index in [1.165, 1.54) is 5.56 Å². The molecule has 0 atom stereocenters. The van der Waals surface area contributed by atoms with Gasteiger partial charge < -0.3 is 10.5 Å². The molecule has 0 saturated heterocycles. The molecule has 2 N–H and O–H groups in total. The van der Waals surface area contributed by atoms with Crippen molar-refractivity contribution in [1.29, 1.82) is 0 Å². The Morgan fingerprint density at radius 3 is 2.67 bits per heavy atom. The van der Waals surface area contributed by atoms with Gasteiger partial charge in [-0.3, -0.25) is 0 Å². The van der Waals surface area contributed by atoms with Crippen molar-refractivity contribution in [2.24, 2.45) is 0 Å². The number of ether oxygens (including phenoxy) is 1. The van der Waals surface area contributed by atoms with Crippen molar-refractivity contribution in [1.82, 2.24) is 9.97 Å². The molecule has 0 aliphatic heterocycles. The first-order valence-electron chi connectivity index (χ1n) is 6.11. The molecule has 4 nitrogen and oxygen atoms in total. The van der Waals surface area contributed by atoms with Gasteiger partial charge in [-0.2, -0.15) is 4.98 Å². The molecule has 0 amide bonds. The lowest BCUT2D eigenvalue weighted by Gasteiger charge is -2.07. The summed E-state index contributed by atoms with van der Waals surface area (Å²) in [6.07, 6.45) is 1.71. The van der Waals surface area contributed by atoms with Crippen LogP contribution in [0, 0.1) is 0 Å². The molecule has 0 aliphatic rings. The highest BCUT2D eigenvalue weighted by molar-refractivity contribution is 5.37. The molecule has 0 bridgehead atoms. The van der Waals surface area contributed by atoms with Crippen LogP contribution in [0.15, 0.2) is 30.3 Å². The summed E-state index contributed by atoms with van der Waals surface area (Å²) < 4.78 is 5.71. The second-order valence-electron chi connectivity index (χ2n) is 4.00. The molecule has 1 heterocycles. The van der Waals surface area contributed by atoms with Crippen LogP contribution >= 0.6 is 0 Å². The third kappa shape index (κ3) is 2.97. The van der Waals surface area contributed by atoms with Crippen LogP contribution in [0.3, 0.4) is 0 Å². The van der Waals surface area contributed by atoms with Crippen molar-refractivity contribution in [3.63, 3.8) is 0 Å². The molecule has 1 aromatic heterocycles. The van der Waals surface area contributed by atoms with Crippen LogP contribution < -0.4 is 10.5 Å². The molecule has 2 aromatic rings. The number of aryl methyl sites for hydroxylation is 2. The van der Waals surface area contributed by atoms with E-state index in [0.29, 0.717) is 17.5 Å². The SMILES string of the molecule is CCc1cccc(Oc2cc(N)nc(CC)n2)c1. The molecular formula is C14H17N3O. The van der Waals surface area contributed by atoms with E-state index in [9.17, 15) is 0 Å². The van der Waals surface area contributed by atoms with Crippen LogP contribution in [-0.2, 0) is 12.8 Å². The first-order valence-corrected chi connectivity index (χ1v) is 6.11. The Bertz CT molecular complexity index is 540. The van der Waals surface area contributed by atoms with Gasteiger partial charge in [0.15, 0.2) is 0 Å². The molecule has 94 valence electrons. The van der Waals surface area contributed by atoms with Crippen LogP contribution in [0.25, 0.3) is 0 Å². The maximum absolute atomic E-state index is 5.71. The van der Waals surface area contributed by atoms with Crippen molar-refractivity contribution in [3.8, 4) is 11.6 Å². The van der Waals surface area contributed by atoms with Gasteiger partial charge in [0.1, 0.15) is 17.4 Å². The zero-order chi connectivity index (χ0) is 13.0. The molecule has 0 radical (unpaired) electrons. The molecule has 0 saturated carbocycles. The Labute approximate surface area is 107 Å². The highest BCUT2D eigenvalue weighted by Crippen LogP contribution is 2.22. The number of hydrogen-bond donors (Lipinski definition) is 1. The normalized spacial score (nSPS) is 10.3. The molecular weight excluding hydrogens is 226 g/mol. The number of benzene rings is 1. The first kappa shape index (κ1) is 12.4. The number of anilines is 1. The van der Waals surface area contributed by atoms with Crippen molar-refractivity contribution in [3.05, 3.63) is 41.7 Å². The predicted octanol–water partition coefficient (Wildman–Crippen LogP) is 2.98. The molecule has 18 heavy (non-hydrogen) atoms. The van der Waals surface area contributed by atoms with E-state index in [2.05, 4.69) is 23.0 Å². The summed E-state index contributed by atoms with van der Waals surface area (Å²) in [5, 5.41) is 0. The smallest absolute Gasteiger partial charge is 0.224 e. The molecule has 4 heteroatoms. The fourth-order valence-electron chi connectivity index (χ4n) is 1.65. The molecule has 0 unspecified atom stereocenters. The fourth-order valence-corrected chi connectivity index (χ4v) is 1.65. The number of nitrogen functional groups attached to an aromatic ring is 1. The Kier molecular flexibility index (Phi) is 3.77. The summed E-state index contributed by atoms with van der Waals surface area (Å²) in [5.74, 6) is 2.39.